The van der Waals surface area contributed by atoms with Gasteiger partial charge in [0.25, 0.3) is 0 Å². The van der Waals surface area contributed by atoms with Gasteiger partial charge < -0.3 is 25.2 Å². The van der Waals surface area contributed by atoms with E-state index in [9.17, 15) is 10.2 Å². The molecule has 0 aromatic carbocycles. The lowest BCUT2D eigenvalue weighted by molar-refractivity contribution is -0.106. The average Bonchev–Trinajstić information content (AvgIpc) is 2.19. The van der Waals surface area contributed by atoms with E-state index in [4.69, 9.17) is 14.9 Å². The Morgan fingerprint density at radius 3 is 2.42 bits per heavy atom. The Labute approximate surface area is 70.2 Å². The van der Waals surface area contributed by atoms with Gasteiger partial charge in [-0.3, -0.25) is 0 Å². The Bertz CT molecular complexity index is 138. The molecule has 1 saturated heterocycles. The minimum atomic E-state index is -1.23. The van der Waals surface area contributed by atoms with Crippen molar-refractivity contribution in [2.24, 2.45) is 0 Å². The standard InChI is InChI=1S/C7H14O5/c8-3-5-7(11)6(10)4(9)1-2-12-5/h4-11H,1-3H2/t4-,5-,6-,7-/m1/s1. The van der Waals surface area contributed by atoms with Gasteiger partial charge in [0.15, 0.2) is 0 Å². The maximum Gasteiger partial charge on any atom is 0.111 e. The second-order valence-electron chi connectivity index (χ2n) is 2.93. The number of aliphatic hydroxyl groups is 4. The van der Waals surface area contributed by atoms with Crippen molar-refractivity contribution in [3.05, 3.63) is 0 Å². The van der Waals surface area contributed by atoms with Crippen LogP contribution in [0.25, 0.3) is 0 Å². The van der Waals surface area contributed by atoms with Crippen molar-refractivity contribution in [3.8, 4) is 0 Å². The molecular formula is C7H14O5. The predicted octanol–water partition coefficient (Wildman–Crippen LogP) is -2.15. The summed E-state index contributed by atoms with van der Waals surface area (Å²) in [5.74, 6) is 0. The van der Waals surface area contributed by atoms with Crippen LogP contribution < -0.4 is 0 Å². The molecule has 0 unspecified atom stereocenters. The molecule has 0 bridgehead atoms. The van der Waals surface area contributed by atoms with E-state index < -0.39 is 24.4 Å². The molecule has 0 aliphatic carbocycles. The van der Waals surface area contributed by atoms with Gasteiger partial charge in [0.1, 0.15) is 18.3 Å². The van der Waals surface area contributed by atoms with Gasteiger partial charge in [-0.1, -0.05) is 0 Å². The van der Waals surface area contributed by atoms with Crippen LogP contribution >= 0.6 is 0 Å². The highest BCUT2D eigenvalue weighted by molar-refractivity contribution is 4.84. The molecule has 4 atom stereocenters. The molecule has 0 saturated carbocycles. The van der Waals surface area contributed by atoms with Crippen molar-refractivity contribution in [1.29, 1.82) is 0 Å². The third-order valence-corrected chi connectivity index (χ3v) is 2.05. The van der Waals surface area contributed by atoms with Gasteiger partial charge in [0.2, 0.25) is 0 Å². The van der Waals surface area contributed by atoms with Crippen LogP contribution in [-0.2, 0) is 4.74 Å². The zero-order valence-corrected chi connectivity index (χ0v) is 6.63. The van der Waals surface area contributed by atoms with Crippen LogP contribution in [0.2, 0.25) is 0 Å². The van der Waals surface area contributed by atoms with Gasteiger partial charge in [0, 0.05) is 6.61 Å². The summed E-state index contributed by atoms with van der Waals surface area (Å²) < 4.78 is 4.99. The summed E-state index contributed by atoms with van der Waals surface area (Å²) in [4.78, 5) is 0. The Morgan fingerprint density at radius 1 is 1.17 bits per heavy atom. The van der Waals surface area contributed by atoms with E-state index in [2.05, 4.69) is 0 Å². The molecule has 0 amide bonds. The molecule has 1 aliphatic heterocycles. The molecule has 72 valence electrons. The molecule has 1 aliphatic rings. The fraction of sp³-hybridized carbons (Fsp3) is 1.00. The lowest BCUT2D eigenvalue weighted by atomic mass is 10.0. The number of ether oxygens (including phenoxy) is 1. The SMILES string of the molecule is OC[C@H]1OCC[C@@H](O)[C@@H](O)[C@@H]1O. The summed E-state index contributed by atoms with van der Waals surface area (Å²) in [5, 5.41) is 36.4. The molecule has 5 nitrogen and oxygen atoms in total. The number of aliphatic hydroxyl groups excluding tert-OH is 4. The van der Waals surface area contributed by atoms with Gasteiger partial charge in [-0.05, 0) is 6.42 Å². The molecule has 4 N–H and O–H groups in total. The van der Waals surface area contributed by atoms with E-state index in [1.54, 1.807) is 0 Å². The first-order chi connectivity index (χ1) is 5.66. The van der Waals surface area contributed by atoms with Gasteiger partial charge in [-0.2, -0.15) is 0 Å². The summed E-state index contributed by atoms with van der Waals surface area (Å²) in [6.45, 7) is -0.120. The van der Waals surface area contributed by atoms with Crippen LogP contribution in [0.1, 0.15) is 6.42 Å². The summed E-state index contributed by atoms with van der Waals surface area (Å²) in [6, 6.07) is 0. The smallest absolute Gasteiger partial charge is 0.111 e. The Balaban J connectivity index is 2.59. The molecule has 0 spiro atoms. The molecule has 1 rings (SSSR count). The van der Waals surface area contributed by atoms with Crippen molar-refractivity contribution >= 4 is 0 Å². The largest absolute Gasteiger partial charge is 0.394 e. The lowest BCUT2D eigenvalue weighted by Gasteiger charge is -2.23. The summed E-state index contributed by atoms with van der Waals surface area (Å²) in [6.07, 6.45) is -3.94. The second-order valence-corrected chi connectivity index (χ2v) is 2.93. The number of hydrogen-bond donors (Lipinski definition) is 4. The molecule has 12 heavy (non-hydrogen) atoms. The summed E-state index contributed by atoms with van der Waals surface area (Å²) in [5.41, 5.74) is 0. The first-order valence-electron chi connectivity index (χ1n) is 3.93. The van der Waals surface area contributed by atoms with Gasteiger partial charge in [-0.25, -0.2) is 0 Å². The molecule has 5 heteroatoms. The Kier molecular flexibility index (Phi) is 3.42. The maximum absolute atomic E-state index is 9.29. The Hall–Kier alpha value is -0.200. The van der Waals surface area contributed by atoms with Gasteiger partial charge >= 0.3 is 0 Å². The molecule has 0 aromatic rings. The second kappa shape index (κ2) is 4.15. The average molecular weight is 178 g/mol. The first kappa shape index (κ1) is 9.88. The van der Waals surface area contributed by atoms with Crippen LogP contribution in [0.15, 0.2) is 0 Å². The zero-order chi connectivity index (χ0) is 9.14. The summed E-state index contributed by atoms with van der Waals surface area (Å²) in [7, 11) is 0. The minimum absolute atomic E-state index is 0.237. The fourth-order valence-electron chi connectivity index (χ4n) is 1.22. The number of hydrogen-bond acceptors (Lipinski definition) is 5. The van der Waals surface area contributed by atoms with E-state index in [1.165, 1.54) is 0 Å². The van der Waals surface area contributed by atoms with Crippen molar-refractivity contribution in [1.82, 2.24) is 0 Å². The van der Waals surface area contributed by atoms with Crippen LogP contribution in [0.3, 0.4) is 0 Å². The molecule has 1 heterocycles. The van der Waals surface area contributed by atoms with Crippen LogP contribution in [0.4, 0.5) is 0 Å². The Morgan fingerprint density at radius 2 is 1.83 bits per heavy atom. The van der Waals surface area contributed by atoms with Crippen molar-refractivity contribution in [2.45, 2.75) is 30.8 Å². The topological polar surface area (TPSA) is 90.2 Å². The molecule has 1 fully saturated rings. The van der Waals surface area contributed by atoms with E-state index in [0.29, 0.717) is 0 Å². The van der Waals surface area contributed by atoms with E-state index >= 15 is 0 Å². The third-order valence-electron chi connectivity index (χ3n) is 2.05. The van der Waals surface area contributed by atoms with E-state index in [-0.39, 0.29) is 19.6 Å². The zero-order valence-electron chi connectivity index (χ0n) is 6.63. The van der Waals surface area contributed by atoms with E-state index in [0.717, 1.165) is 0 Å². The predicted molar refractivity (Wildman–Crippen MR) is 39.5 cm³/mol. The van der Waals surface area contributed by atoms with Crippen molar-refractivity contribution in [2.75, 3.05) is 13.2 Å². The first-order valence-corrected chi connectivity index (χ1v) is 3.93. The van der Waals surface area contributed by atoms with Crippen molar-refractivity contribution in [3.63, 3.8) is 0 Å². The highest BCUT2D eigenvalue weighted by Crippen LogP contribution is 2.15. The van der Waals surface area contributed by atoms with E-state index in [1.807, 2.05) is 0 Å². The normalized spacial score (nSPS) is 44.0. The minimum Gasteiger partial charge on any atom is -0.394 e. The van der Waals surface area contributed by atoms with Crippen LogP contribution in [0, 0.1) is 0 Å². The van der Waals surface area contributed by atoms with Crippen molar-refractivity contribution < 1.29 is 25.2 Å². The quantitative estimate of drug-likeness (QED) is 0.367. The van der Waals surface area contributed by atoms with Crippen LogP contribution in [-0.4, -0.2) is 58.1 Å². The monoisotopic (exact) mass is 178 g/mol. The number of rotatable bonds is 1. The van der Waals surface area contributed by atoms with Gasteiger partial charge in [0.05, 0.1) is 12.7 Å². The molecule has 0 radical (unpaired) electrons. The highest BCUT2D eigenvalue weighted by Gasteiger charge is 2.34. The lowest BCUT2D eigenvalue weighted by Crippen LogP contribution is -2.44. The third kappa shape index (κ3) is 1.94. The molecule has 0 aromatic heterocycles. The molecular weight excluding hydrogens is 164 g/mol. The fourth-order valence-corrected chi connectivity index (χ4v) is 1.22. The van der Waals surface area contributed by atoms with Gasteiger partial charge in [-0.15, -0.1) is 0 Å². The summed E-state index contributed by atoms with van der Waals surface area (Å²) >= 11 is 0. The van der Waals surface area contributed by atoms with Crippen LogP contribution in [0.5, 0.6) is 0 Å². The highest BCUT2D eigenvalue weighted by atomic mass is 16.5. The maximum atomic E-state index is 9.29.